The molecule has 0 unspecified atom stereocenters. The van der Waals surface area contributed by atoms with E-state index < -0.39 is 0 Å². The molecule has 0 N–H and O–H groups in total. The highest BCUT2D eigenvalue weighted by Crippen LogP contribution is 2.33. The quantitative estimate of drug-likeness (QED) is 0.617. The lowest BCUT2D eigenvalue weighted by Crippen LogP contribution is -2.26. The third kappa shape index (κ3) is 3.37. The molecule has 0 heterocycles. The van der Waals surface area contributed by atoms with Gasteiger partial charge in [-0.25, -0.2) is 0 Å². The number of hydrogen-bond acceptors (Lipinski definition) is 2. The smallest absolute Gasteiger partial charge is 0.302 e. The predicted molar refractivity (Wildman–Crippen MR) is 52.3 cm³/mol. The Morgan fingerprint density at radius 2 is 2.08 bits per heavy atom. The molecule has 0 aromatic heterocycles. The van der Waals surface area contributed by atoms with Crippen LogP contribution in [-0.4, -0.2) is 12.6 Å². The molecule has 0 saturated heterocycles. The van der Waals surface area contributed by atoms with Crippen molar-refractivity contribution >= 4 is 5.97 Å². The second kappa shape index (κ2) is 4.64. The molecule has 2 heteroatoms. The highest BCUT2D eigenvalue weighted by Gasteiger charge is 2.25. The van der Waals surface area contributed by atoms with Crippen molar-refractivity contribution in [3.05, 3.63) is 0 Å². The number of hydrogen-bond donors (Lipinski definition) is 0. The Bertz CT molecular complexity index is 177. The van der Waals surface area contributed by atoms with Crippen molar-refractivity contribution in [3.63, 3.8) is 0 Å². The zero-order valence-electron chi connectivity index (χ0n) is 8.88. The summed E-state index contributed by atoms with van der Waals surface area (Å²) in [4.78, 5) is 10.6. The van der Waals surface area contributed by atoms with Crippen LogP contribution in [0.4, 0.5) is 0 Å². The van der Waals surface area contributed by atoms with Crippen LogP contribution in [0.1, 0.15) is 40.0 Å². The fourth-order valence-corrected chi connectivity index (χ4v) is 2.20. The summed E-state index contributed by atoms with van der Waals surface area (Å²) in [6, 6.07) is 0. The normalized spacial score (nSPS) is 34.2. The van der Waals surface area contributed by atoms with E-state index in [0.29, 0.717) is 18.4 Å². The Hall–Kier alpha value is -0.530. The summed E-state index contributed by atoms with van der Waals surface area (Å²) in [5.74, 6) is 2.01. The molecule has 0 aromatic carbocycles. The molecule has 1 aliphatic rings. The van der Waals surface area contributed by atoms with E-state index in [-0.39, 0.29) is 5.97 Å². The lowest BCUT2D eigenvalue weighted by molar-refractivity contribution is -0.143. The Balaban J connectivity index is 2.29. The maximum absolute atomic E-state index is 10.6. The monoisotopic (exact) mass is 184 g/mol. The molecule has 3 atom stereocenters. The van der Waals surface area contributed by atoms with Crippen molar-refractivity contribution in [1.29, 1.82) is 0 Å². The second-order valence-corrected chi connectivity index (χ2v) is 4.46. The van der Waals surface area contributed by atoms with Crippen molar-refractivity contribution < 1.29 is 9.53 Å². The third-order valence-corrected chi connectivity index (χ3v) is 3.11. The molecule has 0 aromatic rings. The first kappa shape index (κ1) is 10.6. The summed E-state index contributed by atoms with van der Waals surface area (Å²) >= 11 is 0. The average Bonchev–Trinajstić information content (AvgIpc) is 2.02. The van der Waals surface area contributed by atoms with Gasteiger partial charge in [0, 0.05) is 6.92 Å². The minimum absolute atomic E-state index is 0.147. The summed E-state index contributed by atoms with van der Waals surface area (Å²) in [5.41, 5.74) is 0. The molecular weight excluding hydrogens is 164 g/mol. The fourth-order valence-electron chi connectivity index (χ4n) is 2.20. The largest absolute Gasteiger partial charge is 0.466 e. The summed E-state index contributed by atoms with van der Waals surface area (Å²) in [7, 11) is 0. The number of carbonyl (C=O) groups is 1. The highest BCUT2D eigenvalue weighted by atomic mass is 16.5. The van der Waals surface area contributed by atoms with Crippen LogP contribution in [0.2, 0.25) is 0 Å². The first-order valence-electron chi connectivity index (χ1n) is 5.23. The van der Waals surface area contributed by atoms with Gasteiger partial charge in [-0.2, -0.15) is 0 Å². The maximum Gasteiger partial charge on any atom is 0.302 e. The number of esters is 1. The van der Waals surface area contributed by atoms with Gasteiger partial charge in [-0.05, 0) is 30.6 Å². The van der Waals surface area contributed by atoms with Crippen LogP contribution >= 0.6 is 0 Å². The van der Waals surface area contributed by atoms with Crippen molar-refractivity contribution in [2.24, 2.45) is 17.8 Å². The molecule has 13 heavy (non-hydrogen) atoms. The van der Waals surface area contributed by atoms with Crippen molar-refractivity contribution in [3.8, 4) is 0 Å². The predicted octanol–water partition coefficient (Wildman–Crippen LogP) is 2.62. The molecule has 0 amide bonds. The molecule has 0 radical (unpaired) electrons. The van der Waals surface area contributed by atoms with Crippen LogP contribution in [0.5, 0.6) is 0 Å². The molecule has 1 rings (SSSR count). The zero-order valence-corrected chi connectivity index (χ0v) is 8.88. The molecule has 0 aliphatic heterocycles. The summed E-state index contributed by atoms with van der Waals surface area (Å²) in [6.45, 7) is 6.68. The molecule has 2 nitrogen and oxygen atoms in total. The highest BCUT2D eigenvalue weighted by molar-refractivity contribution is 5.65. The standard InChI is InChI=1S/C11H20O2/c1-8-4-5-11(9(2)6-8)7-13-10(3)12/h8-9,11H,4-7H2,1-3H3/t8-,9-,11-/m0/s1. The number of ether oxygens (including phenoxy) is 1. The van der Waals surface area contributed by atoms with E-state index in [2.05, 4.69) is 13.8 Å². The van der Waals surface area contributed by atoms with E-state index >= 15 is 0 Å². The van der Waals surface area contributed by atoms with E-state index in [4.69, 9.17) is 4.74 Å². The zero-order chi connectivity index (χ0) is 9.84. The third-order valence-electron chi connectivity index (χ3n) is 3.11. The summed E-state index contributed by atoms with van der Waals surface area (Å²) < 4.78 is 5.05. The summed E-state index contributed by atoms with van der Waals surface area (Å²) in [5, 5.41) is 0. The van der Waals surface area contributed by atoms with E-state index in [1.54, 1.807) is 0 Å². The second-order valence-electron chi connectivity index (χ2n) is 4.46. The first-order chi connectivity index (χ1) is 6.09. The van der Waals surface area contributed by atoms with Crippen LogP contribution < -0.4 is 0 Å². The van der Waals surface area contributed by atoms with Crippen LogP contribution in [0.3, 0.4) is 0 Å². The lowest BCUT2D eigenvalue weighted by Gasteiger charge is -2.31. The molecule has 1 saturated carbocycles. The van der Waals surface area contributed by atoms with Gasteiger partial charge in [0.15, 0.2) is 0 Å². The SMILES string of the molecule is CC(=O)OC[C@@H]1CC[C@H](C)C[C@@H]1C. The Kier molecular flexibility index (Phi) is 3.76. The molecule has 1 fully saturated rings. The molecule has 0 spiro atoms. The molecule has 0 bridgehead atoms. The maximum atomic E-state index is 10.6. The van der Waals surface area contributed by atoms with Gasteiger partial charge in [-0.15, -0.1) is 0 Å². The minimum atomic E-state index is -0.147. The topological polar surface area (TPSA) is 26.3 Å². The average molecular weight is 184 g/mol. The van der Waals surface area contributed by atoms with Gasteiger partial charge in [-0.1, -0.05) is 20.3 Å². The Morgan fingerprint density at radius 3 is 2.62 bits per heavy atom. The number of carbonyl (C=O) groups excluding carboxylic acids is 1. The lowest BCUT2D eigenvalue weighted by atomic mass is 9.76. The van der Waals surface area contributed by atoms with Gasteiger partial charge in [0.25, 0.3) is 0 Å². The van der Waals surface area contributed by atoms with E-state index in [9.17, 15) is 4.79 Å². The van der Waals surface area contributed by atoms with Gasteiger partial charge in [0.05, 0.1) is 6.61 Å². The fraction of sp³-hybridized carbons (Fsp3) is 0.909. The van der Waals surface area contributed by atoms with E-state index in [1.165, 1.54) is 26.2 Å². The Morgan fingerprint density at radius 1 is 1.38 bits per heavy atom. The van der Waals surface area contributed by atoms with Crippen LogP contribution in [0.25, 0.3) is 0 Å². The van der Waals surface area contributed by atoms with Crippen LogP contribution in [0.15, 0.2) is 0 Å². The van der Waals surface area contributed by atoms with Gasteiger partial charge in [0.2, 0.25) is 0 Å². The Labute approximate surface area is 80.7 Å². The molecule has 76 valence electrons. The van der Waals surface area contributed by atoms with Crippen molar-refractivity contribution in [2.45, 2.75) is 40.0 Å². The van der Waals surface area contributed by atoms with E-state index in [0.717, 1.165) is 5.92 Å². The van der Waals surface area contributed by atoms with Crippen molar-refractivity contribution in [1.82, 2.24) is 0 Å². The minimum Gasteiger partial charge on any atom is -0.466 e. The van der Waals surface area contributed by atoms with Crippen molar-refractivity contribution in [2.75, 3.05) is 6.61 Å². The van der Waals surface area contributed by atoms with E-state index in [1.807, 2.05) is 0 Å². The number of rotatable bonds is 2. The van der Waals surface area contributed by atoms with Gasteiger partial charge in [0.1, 0.15) is 0 Å². The molecular formula is C11H20O2. The van der Waals surface area contributed by atoms with Gasteiger partial charge in [-0.3, -0.25) is 4.79 Å². The van der Waals surface area contributed by atoms with Crippen LogP contribution in [0, 0.1) is 17.8 Å². The van der Waals surface area contributed by atoms with Gasteiger partial charge < -0.3 is 4.74 Å². The molecule has 1 aliphatic carbocycles. The van der Waals surface area contributed by atoms with Crippen LogP contribution in [-0.2, 0) is 9.53 Å². The first-order valence-corrected chi connectivity index (χ1v) is 5.23. The van der Waals surface area contributed by atoms with Gasteiger partial charge >= 0.3 is 5.97 Å². The summed E-state index contributed by atoms with van der Waals surface area (Å²) in [6.07, 6.45) is 3.79.